The molecule has 3 rings (SSSR count). The molecule has 24 heavy (non-hydrogen) atoms. The van der Waals surface area contributed by atoms with Crippen LogP contribution in [0.4, 0.5) is 10.6 Å². The Bertz CT molecular complexity index is 634. The maximum Gasteiger partial charge on any atom is 0.315 e. The van der Waals surface area contributed by atoms with Gasteiger partial charge in [-0.15, -0.1) is 0 Å². The van der Waals surface area contributed by atoms with E-state index in [1.165, 1.54) is 12.8 Å². The van der Waals surface area contributed by atoms with Crippen LogP contribution in [0.2, 0.25) is 0 Å². The molecule has 7 nitrogen and oxygen atoms in total. The summed E-state index contributed by atoms with van der Waals surface area (Å²) in [5, 5.41) is 5.79. The zero-order valence-corrected chi connectivity index (χ0v) is 14.0. The Labute approximate surface area is 142 Å². The van der Waals surface area contributed by atoms with Gasteiger partial charge < -0.3 is 20.1 Å². The van der Waals surface area contributed by atoms with E-state index in [1.807, 2.05) is 36.0 Å². The van der Waals surface area contributed by atoms with Crippen molar-refractivity contribution in [3.8, 4) is 0 Å². The largest absolute Gasteiger partial charge is 0.357 e. The zero-order valence-electron chi connectivity index (χ0n) is 14.0. The third-order valence-corrected chi connectivity index (χ3v) is 4.11. The lowest BCUT2D eigenvalue weighted by Crippen LogP contribution is -2.42. The normalized spacial score (nSPS) is 15.3. The van der Waals surface area contributed by atoms with Gasteiger partial charge in [-0.3, -0.25) is 0 Å². The fourth-order valence-corrected chi connectivity index (χ4v) is 2.87. The Hall–Kier alpha value is -2.57. The molecule has 1 atom stereocenters. The summed E-state index contributed by atoms with van der Waals surface area (Å²) in [7, 11) is 0. The molecule has 2 aromatic heterocycles. The van der Waals surface area contributed by atoms with Crippen molar-refractivity contribution < 1.29 is 4.79 Å². The molecule has 128 valence electrons. The summed E-state index contributed by atoms with van der Waals surface area (Å²) >= 11 is 0. The maximum absolute atomic E-state index is 12.0. The highest BCUT2D eigenvalue weighted by Gasteiger charge is 2.13. The Morgan fingerprint density at radius 1 is 1.33 bits per heavy atom. The number of carbonyl (C=O) groups excluding carboxylic acids is 1. The molecule has 1 aliphatic heterocycles. The summed E-state index contributed by atoms with van der Waals surface area (Å²) in [6.45, 7) is 5.30. The minimum Gasteiger partial charge on any atom is -0.357 e. The molecular formula is C17H24N6O. The Morgan fingerprint density at radius 3 is 2.83 bits per heavy atom. The van der Waals surface area contributed by atoms with Crippen molar-refractivity contribution >= 4 is 11.8 Å². The van der Waals surface area contributed by atoms with E-state index in [0.29, 0.717) is 13.1 Å². The highest BCUT2D eigenvalue weighted by Crippen LogP contribution is 2.17. The number of rotatable bonds is 6. The number of carbonyl (C=O) groups is 1. The molecule has 2 amide bonds. The molecule has 2 aromatic rings. The zero-order chi connectivity index (χ0) is 16.8. The second kappa shape index (κ2) is 7.81. The Balaban J connectivity index is 1.42. The molecule has 1 fully saturated rings. The molecule has 1 saturated heterocycles. The highest BCUT2D eigenvalue weighted by molar-refractivity contribution is 5.74. The summed E-state index contributed by atoms with van der Waals surface area (Å²) in [5.41, 5.74) is 0.996. The van der Waals surface area contributed by atoms with Crippen molar-refractivity contribution in [2.75, 3.05) is 18.0 Å². The standard InChI is InChI=1S/C17H24N6O/c1-14(12-22-9-6-18-13-22)21-17(24)20-11-15-4-5-16(19-10-15)23-7-2-3-8-23/h4-6,9-10,13-14H,2-3,7-8,11-12H2,1H3,(H2,20,21,24). The van der Waals surface area contributed by atoms with E-state index in [1.54, 1.807) is 12.5 Å². The number of urea groups is 1. The molecule has 0 saturated carbocycles. The van der Waals surface area contributed by atoms with Crippen LogP contribution in [-0.4, -0.2) is 39.7 Å². The highest BCUT2D eigenvalue weighted by atomic mass is 16.2. The van der Waals surface area contributed by atoms with Crippen LogP contribution in [0.5, 0.6) is 0 Å². The maximum atomic E-state index is 12.0. The third-order valence-electron chi connectivity index (χ3n) is 4.11. The van der Waals surface area contributed by atoms with E-state index in [0.717, 1.165) is 24.5 Å². The lowest BCUT2D eigenvalue weighted by atomic mass is 10.2. The number of aromatic nitrogens is 3. The first kappa shape index (κ1) is 16.3. The third kappa shape index (κ3) is 4.47. The Kier molecular flexibility index (Phi) is 5.30. The van der Waals surface area contributed by atoms with E-state index >= 15 is 0 Å². The van der Waals surface area contributed by atoms with E-state index < -0.39 is 0 Å². The minimum atomic E-state index is -0.175. The van der Waals surface area contributed by atoms with E-state index in [-0.39, 0.29) is 12.1 Å². The fraction of sp³-hybridized carbons (Fsp3) is 0.471. The fourth-order valence-electron chi connectivity index (χ4n) is 2.87. The average Bonchev–Trinajstić information content (AvgIpc) is 3.27. The summed E-state index contributed by atoms with van der Waals surface area (Å²) in [6, 6.07) is 3.90. The number of nitrogens with one attached hydrogen (secondary N) is 2. The van der Waals surface area contributed by atoms with Crippen molar-refractivity contribution in [2.24, 2.45) is 0 Å². The van der Waals surface area contributed by atoms with E-state index in [4.69, 9.17) is 0 Å². The number of hydrogen-bond acceptors (Lipinski definition) is 4. The molecule has 1 unspecified atom stereocenters. The summed E-state index contributed by atoms with van der Waals surface area (Å²) in [4.78, 5) is 22.7. The Morgan fingerprint density at radius 2 is 2.17 bits per heavy atom. The van der Waals surface area contributed by atoms with Crippen molar-refractivity contribution in [3.63, 3.8) is 0 Å². The first-order chi connectivity index (χ1) is 11.7. The number of anilines is 1. The predicted molar refractivity (Wildman–Crippen MR) is 92.7 cm³/mol. The van der Waals surface area contributed by atoms with Gasteiger partial charge in [-0.05, 0) is 31.4 Å². The quantitative estimate of drug-likeness (QED) is 0.847. The predicted octanol–water partition coefficient (Wildman–Crippen LogP) is 1.77. The first-order valence-corrected chi connectivity index (χ1v) is 8.41. The van der Waals surface area contributed by atoms with Gasteiger partial charge in [0.05, 0.1) is 6.33 Å². The van der Waals surface area contributed by atoms with Crippen molar-refractivity contribution in [2.45, 2.75) is 38.9 Å². The monoisotopic (exact) mass is 328 g/mol. The van der Waals surface area contributed by atoms with Crippen molar-refractivity contribution in [1.29, 1.82) is 0 Å². The van der Waals surface area contributed by atoms with Gasteiger partial charge in [0.1, 0.15) is 5.82 Å². The van der Waals surface area contributed by atoms with Gasteiger partial charge in [-0.2, -0.15) is 0 Å². The molecule has 0 spiro atoms. The number of pyridine rings is 1. The SMILES string of the molecule is CC(Cn1ccnc1)NC(=O)NCc1ccc(N2CCCC2)nc1. The molecule has 0 aliphatic carbocycles. The van der Waals surface area contributed by atoms with Crippen LogP contribution in [0.3, 0.4) is 0 Å². The van der Waals surface area contributed by atoms with Crippen LogP contribution in [-0.2, 0) is 13.1 Å². The summed E-state index contributed by atoms with van der Waals surface area (Å²) in [5.74, 6) is 1.02. The number of hydrogen-bond donors (Lipinski definition) is 2. The van der Waals surface area contributed by atoms with E-state index in [2.05, 4.69) is 25.5 Å². The van der Waals surface area contributed by atoms with Gasteiger partial charge in [-0.1, -0.05) is 6.07 Å². The van der Waals surface area contributed by atoms with Crippen LogP contribution in [0.1, 0.15) is 25.3 Å². The number of imidazole rings is 1. The van der Waals surface area contributed by atoms with Gasteiger partial charge in [0, 0.05) is 50.8 Å². The van der Waals surface area contributed by atoms with Crippen LogP contribution in [0.15, 0.2) is 37.1 Å². The van der Waals surface area contributed by atoms with Crippen LogP contribution in [0.25, 0.3) is 0 Å². The summed E-state index contributed by atoms with van der Waals surface area (Å²) < 4.78 is 1.94. The van der Waals surface area contributed by atoms with Gasteiger partial charge >= 0.3 is 6.03 Å². The topological polar surface area (TPSA) is 75.1 Å². The smallest absolute Gasteiger partial charge is 0.315 e. The number of nitrogens with zero attached hydrogens (tertiary/aromatic N) is 4. The van der Waals surface area contributed by atoms with Crippen molar-refractivity contribution in [1.82, 2.24) is 25.2 Å². The van der Waals surface area contributed by atoms with Crippen molar-refractivity contribution in [3.05, 3.63) is 42.6 Å². The molecule has 0 bridgehead atoms. The number of amides is 2. The molecule has 2 N–H and O–H groups in total. The van der Waals surface area contributed by atoms with E-state index in [9.17, 15) is 4.79 Å². The van der Waals surface area contributed by atoms with Gasteiger partial charge in [-0.25, -0.2) is 14.8 Å². The average molecular weight is 328 g/mol. The van der Waals surface area contributed by atoms with Gasteiger partial charge in [0.15, 0.2) is 0 Å². The van der Waals surface area contributed by atoms with Crippen LogP contribution < -0.4 is 15.5 Å². The molecular weight excluding hydrogens is 304 g/mol. The minimum absolute atomic E-state index is 0.0230. The lowest BCUT2D eigenvalue weighted by Gasteiger charge is -2.17. The molecule has 1 aliphatic rings. The second-order valence-corrected chi connectivity index (χ2v) is 6.21. The molecule has 0 radical (unpaired) electrons. The van der Waals surface area contributed by atoms with Gasteiger partial charge in [0.2, 0.25) is 0 Å². The first-order valence-electron chi connectivity index (χ1n) is 8.41. The molecule has 0 aromatic carbocycles. The molecule has 3 heterocycles. The summed E-state index contributed by atoms with van der Waals surface area (Å²) in [6.07, 6.45) is 9.66. The van der Waals surface area contributed by atoms with Crippen LogP contribution in [0, 0.1) is 0 Å². The van der Waals surface area contributed by atoms with Gasteiger partial charge in [0.25, 0.3) is 0 Å². The second-order valence-electron chi connectivity index (χ2n) is 6.21. The van der Waals surface area contributed by atoms with Crippen LogP contribution >= 0.6 is 0 Å². The lowest BCUT2D eigenvalue weighted by molar-refractivity contribution is 0.236. The molecule has 7 heteroatoms.